The van der Waals surface area contributed by atoms with Crippen LogP contribution in [-0.4, -0.2) is 30.9 Å². The Hall–Kier alpha value is -1.91. The van der Waals surface area contributed by atoms with Crippen molar-refractivity contribution in [2.24, 2.45) is 0 Å². The molecule has 24 heavy (non-hydrogen) atoms. The normalized spacial score (nSPS) is 13.2. The van der Waals surface area contributed by atoms with Crippen LogP contribution in [0.1, 0.15) is 21.5 Å². The first-order valence-electron chi connectivity index (χ1n) is 7.50. The van der Waals surface area contributed by atoms with Crippen LogP contribution in [0.4, 0.5) is 11.4 Å². The number of nitrogens with two attached hydrogens (primary N) is 1. The Bertz CT molecular complexity index is 721. The average molecular weight is 368 g/mol. The number of para-hydroxylation sites is 1. The molecule has 2 aromatic carbocycles. The Kier molecular flexibility index (Phi) is 6.93. The minimum atomic E-state index is 0. The Morgan fingerprint density at radius 1 is 1.08 bits per heavy atom. The van der Waals surface area contributed by atoms with Gasteiger partial charge < -0.3 is 15.5 Å². The number of carbonyl (C=O) groups is 1. The van der Waals surface area contributed by atoms with Gasteiger partial charge in [-0.15, -0.1) is 24.8 Å². The SMILES string of the molecule is Cc1ccc(N)cc1C(=O)N1CCN(C)c2ccccc2C1.Cl.Cl. The van der Waals surface area contributed by atoms with E-state index in [0.29, 0.717) is 24.3 Å². The fraction of sp³-hybridized carbons (Fsp3) is 0.278. The topological polar surface area (TPSA) is 49.6 Å². The van der Waals surface area contributed by atoms with Crippen molar-refractivity contribution in [3.63, 3.8) is 0 Å². The van der Waals surface area contributed by atoms with E-state index in [1.54, 1.807) is 6.07 Å². The molecule has 6 heteroatoms. The highest BCUT2D eigenvalue weighted by Crippen LogP contribution is 2.25. The van der Waals surface area contributed by atoms with Gasteiger partial charge >= 0.3 is 0 Å². The second-order valence-electron chi connectivity index (χ2n) is 5.85. The van der Waals surface area contributed by atoms with Crippen molar-refractivity contribution in [3.05, 3.63) is 59.2 Å². The van der Waals surface area contributed by atoms with Gasteiger partial charge in [-0.05, 0) is 36.2 Å². The van der Waals surface area contributed by atoms with Gasteiger partial charge in [-0.1, -0.05) is 24.3 Å². The lowest BCUT2D eigenvalue weighted by Gasteiger charge is -2.22. The summed E-state index contributed by atoms with van der Waals surface area (Å²) in [5, 5.41) is 0. The number of likely N-dealkylation sites (N-methyl/N-ethyl adjacent to an activating group) is 1. The number of hydrogen-bond donors (Lipinski definition) is 1. The number of fused-ring (bicyclic) bond motifs is 1. The van der Waals surface area contributed by atoms with Gasteiger partial charge in [0.2, 0.25) is 0 Å². The Balaban J connectivity index is 0.00000144. The maximum Gasteiger partial charge on any atom is 0.254 e. The summed E-state index contributed by atoms with van der Waals surface area (Å²) in [6.07, 6.45) is 0. The molecule has 0 saturated heterocycles. The molecule has 2 N–H and O–H groups in total. The van der Waals surface area contributed by atoms with Crippen molar-refractivity contribution in [2.75, 3.05) is 30.8 Å². The Morgan fingerprint density at radius 3 is 2.54 bits per heavy atom. The predicted molar refractivity (Wildman–Crippen MR) is 105 cm³/mol. The standard InChI is InChI=1S/C18H21N3O.2ClH/c1-13-7-8-15(19)11-16(13)18(22)21-10-9-20(2)17-6-4-3-5-14(17)12-21;;/h3-8,11H,9-10,12,19H2,1-2H3;2*1H. The van der Waals surface area contributed by atoms with Gasteiger partial charge in [0.25, 0.3) is 5.91 Å². The maximum absolute atomic E-state index is 12.9. The molecule has 0 saturated carbocycles. The molecule has 3 rings (SSSR count). The van der Waals surface area contributed by atoms with Crippen LogP contribution >= 0.6 is 24.8 Å². The predicted octanol–water partition coefficient (Wildman–Crippen LogP) is 3.51. The van der Waals surface area contributed by atoms with Crippen LogP contribution in [0, 0.1) is 6.92 Å². The highest BCUT2D eigenvalue weighted by molar-refractivity contribution is 5.96. The lowest BCUT2D eigenvalue weighted by Crippen LogP contribution is -2.34. The molecule has 0 spiro atoms. The zero-order valence-corrected chi connectivity index (χ0v) is 15.5. The van der Waals surface area contributed by atoms with E-state index in [0.717, 1.165) is 12.1 Å². The zero-order valence-electron chi connectivity index (χ0n) is 13.9. The molecule has 1 aliphatic rings. The third kappa shape index (κ3) is 3.94. The van der Waals surface area contributed by atoms with Gasteiger partial charge in [0.05, 0.1) is 0 Å². The van der Waals surface area contributed by atoms with Gasteiger partial charge in [-0.25, -0.2) is 0 Å². The molecule has 130 valence electrons. The number of rotatable bonds is 1. The van der Waals surface area contributed by atoms with Crippen LogP contribution in [0.5, 0.6) is 0 Å². The summed E-state index contributed by atoms with van der Waals surface area (Å²) in [5.74, 6) is 0.0508. The molecule has 0 bridgehead atoms. The summed E-state index contributed by atoms with van der Waals surface area (Å²) in [6, 6.07) is 13.8. The lowest BCUT2D eigenvalue weighted by atomic mass is 10.1. The van der Waals surface area contributed by atoms with Crippen LogP contribution in [0.3, 0.4) is 0 Å². The molecule has 1 aliphatic heterocycles. The first-order valence-corrected chi connectivity index (χ1v) is 7.50. The molecular formula is C18H23Cl2N3O. The molecule has 1 heterocycles. The van der Waals surface area contributed by atoms with Crippen LogP contribution in [0.2, 0.25) is 0 Å². The van der Waals surface area contributed by atoms with Gasteiger partial charge in [0, 0.05) is 43.6 Å². The molecule has 0 fully saturated rings. The Labute approximate surface area is 155 Å². The summed E-state index contributed by atoms with van der Waals surface area (Å²) < 4.78 is 0. The molecule has 2 aromatic rings. The van der Waals surface area contributed by atoms with Crippen LogP contribution < -0.4 is 10.6 Å². The number of amides is 1. The molecule has 0 aliphatic carbocycles. The van der Waals surface area contributed by atoms with Crippen molar-refractivity contribution in [1.29, 1.82) is 0 Å². The maximum atomic E-state index is 12.9. The fourth-order valence-corrected chi connectivity index (χ4v) is 2.91. The first-order chi connectivity index (χ1) is 10.6. The lowest BCUT2D eigenvalue weighted by molar-refractivity contribution is 0.0751. The summed E-state index contributed by atoms with van der Waals surface area (Å²) in [7, 11) is 2.07. The Morgan fingerprint density at radius 2 is 1.79 bits per heavy atom. The largest absolute Gasteiger partial charge is 0.399 e. The van der Waals surface area contributed by atoms with Crippen LogP contribution in [0.25, 0.3) is 0 Å². The number of aryl methyl sites for hydroxylation is 1. The van der Waals surface area contributed by atoms with Gasteiger partial charge in [0.1, 0.15) is 0 Å². The minimum absolute atomic E-state index is 0. The van der Waals surface area contributed by atoms with Crippen molar-refractivity contribution >= 4 is 42.1 Å². The minimum Gasteiger partial charge on any atom is -0.399 e. The van der Waals surface area contributed by atoms with E-state index in [-0.39, 0.29) is 30.7 Å². The highest BCUT2D eigenvalue weighted by atomic mass is 35.5. The quantitative estimate of drug-likeness (QED) is 0.784. The summed E-state index contributed by atoms with van der Waals surface area (Å²) >= 11 is 0. The summed E-state index contributed by atoms with van der Waals surface area (Å²) in [4.78, 5) is 17.0. The third-order valence-corrected chi connectivity index (χ3v) is 4.25. The van der Waals surface area contributed by atoms with Crippen molar-refractivity contribution in [1.82, 2.24) is 4.90 Å². The van der Waals surface area contributed by atoms with Gasteiger partial charge in [-0.2, -0.15) is 0 Å². The molecule has 1 amide bonds. The summed E-state index contributed by atoms with van der Waals surface area (Å²) in [5.41, 5.74) is 10.5. The number of benzene rings is 2. The number of nitrogen functional groups attached to an aromatic ring is 1. The summed E-state index contributed by atoms with van der Waals surface area (Å²) in [6.45, 7) is 4.11. The van der Waals surface area contributed by atoms with E-state index < -0.39 is 0 Å². The molecule has 0 aromatic heterocycles. The van der Waals surface area contributed by atoms with Crippen molar-refractivity contribution < 1.29 is 4.79 Å². The molecule has 0 atom stereocenters. The van der Waals surface area contributed by atoms with E-state index in [1.807, 2.05) is 36.1 Å². The highest BCUT2D eigenvalue weighted by Gasteiger charge is 2.23. The number of hydrogen-bond acceptors (Lipinski definition) is 3. The number of nitrogens with zero attached hydrogens (tertiary/aromatic N) is 2. The smallest absolute Gasteiger partial charge is 0.254 e. The second-order valence-corrected chi connectivity index (χ2v) is 5.85. The third-order valence-electron chi connectivity index (χ3n) is 4.25. The zero-order chi connectivity index (χ0) is 15.7. The van der Waals surface area contributed by atoms with Crippen LogP contribution in [0.15, 0.2) is 42.5 Å². The van der Waals surface area contributed by atoms with Gasteiger partial charge in [0.15, 0.2) is 0 Å². The molecule has 0 radical (unpaired) electrons. The molecule has 0 unspecified atom stereocenters. The number of anilines is 2. The van der Waals surface area contributed by atoms with Crippen molar-refractivity contribution in [2.45, 2.75) is 13.5 Å². The van der Waals surface area contributed by atoms with Crippen molar-refractivity contribution in [3.8, 4) is 0 Å². The second kappa shape index (κ2) is 8.27. The van der Waals surface area contributed by atoms with E-state index in [9.17, 15) is 4.79 Å². The van der Waals surface area contributed by atoms with Gasteiger partial charge in [-0.3, -0.25) is 4.79 Å². The number of halogens is 2. The molecule has 4 nitrogen and oxygen atoms in total. The van der Waals surface area contributed by atoms with E-state index in [2.05, 4.69) is 24.1 Å². The number of carbonyl (C=O) groups excluding carboxylic acids is 1. The average Bonchev–Trinajstić information content (AvgIpc) is 2.69. The van der Waals surface area contributed by atoms with E-state index in [1.165, 1.54) is 11.3 Å². The van der Waals surface area contributed by atoms with E-state index >= 15 is 0 Å². The van der Waals surface area contributed by atoms with E-state index in [4.69, 9.17) is 5.73 Å². The first kappa shape index (κ1) is 20.1. The van der Waals surface area contributed by atoms with Crippen LogP contribution in [-0.2, 0) is 6.54 Å². The fourth-order valence-electron chi connectivity index (χ4n) is 2.91. The monoisotopic (exact) mass is 367 g/mol. The molecular weight excluding hydrogens is 345 g/mol.